The van der Waals surface area contributed by atoms with Crippen molar-refractivity contribution >= 4 is 24.1 Å². The fourth-order valence-corrected chi connectivity index (χ4v) is 2.42. The zero-order valence-electron chi connectivity index (χ0n) is 9.23. The first kappa shape index (κ1) is 14.3. The second-order valence-electron chi connectivity index (χ2n) is 3.61. The molecule has 0 aliphatic heterocycles. The van der Waals surface area contributed by atoms with E-state index in [2.05, 4.69) is 19.2 Å². The summed E-state index contributed by atoms with van der Waals surface area (Å²) < 4.78 is 0. The molecule has 0 bridgehead atoms. The molecule has 2 N–H and O–H groups in total. The number of amides is 1. The number of nitrogens with one attached hydrogen (secondary N) is 1. The summed E-state index contributed by atoms with van der Waals surface area (Å²) in [5.74, 6) is 1.00. The van der Waals surface area contributed by atoms with E-state index in [9.17, 15) is 9.59 Å². The first-order valence-corrected chi connectivity index (χ1v) is 6.27. The lowest BCUT2D eigenvalue weighted by atomic mass is 10.1. The predicted molar refractivity (Wildman–Crippen MR) is 62.0 cm³/mol. The normalized spacial score (nSPS) is 14.3. The summed E-state index contributed by atoms with van der Waals surface area (Å²) in [5, 5.41) is 11.0. The Morgan fingerprint density at radius 3 is 2.67 bits per heavy atom. The lowest BCUT2D eigenvalue weighted by molar-refractivity contribution is -0.139. The van der Waals surface area contributed by atoms with Crippen molar-refractivity contribution in [2.75, 3.05) is 11.5 Å². The molecule has 0 fully saturated rings. The minimum atomic E-state index is -0.974. The van der Waals surface area contributed by atoms with E-state index in [1.807, 2.05) is 0 Å². The van der Waals surface area contributed by atoms with Crippen LogP contribution in [-0.2, 0) is 9.59 Å². The van der Waals surface area contributed by atoms with Gasteiger partial charge in [0, 0.05) is 5.75 Å². The van der Waals surface area contributed by atoms with Crippen LogP contribution in [0.25, 0.3) is 0 Å². The van der Waals surface area contributed by atoms with Crippen LogP contribution in [-0.4, -0.2) is 35.0 Å². The molecule has 0 heterocycles. The van der Waals surface area contributed by atoms with E-state index in [4.69, 9.17) is 5.11 Å². The highest BCUT2D eigenvalue weighted by Crippen LogP contribution is 2.14. The van der Waals surface area contributed by atoms with Crippen LogP contribution in [0, 0.1) is 5.92 Å². The number of rotatable bonds is 9. The van der Waals surface area contributed by atoms with E-state index in [0.29, 0.717) is 18.1 Å². The van der Waals surface area contributed by atoms with Crippen molar-refractivity contribution in [1.82, 2.24) is 5.32 Å². The number of carboxylic acid groups (broad SMARTS) is 1. The molecule has 0 aliphatic rings. The minimum Gasteiger partial charge on any atom is -0.480 e. The Bertz CT molecular complexity index is 199. The maximum absolute atomic E-state index is 10.7. The number of hydrogen-bond acceptors (Lipinski definition) is 3. The Kier molecular flexibility index (Phi) is 8.18. The molecule has 4 nitrogen and oxygen atoms in total. The molecular formula is C10H19NO3S. The van der Waals surface area contributed by atoms with Crippen LogP contribution >= 0.6 is 11.8 Å². The molecule has 1 amide bonds. The fraction of sp³-hybridized carbons (Fsp3) is 0.800. The third-order valence-corrected chi connectivity index (χ3v) is 3.41. The van der Waals surface area contributed by atoms with Gasteiger partial charge in [0.2, 0.25) is 6.41 Å². The summed E-state index contributed by atoms with van der Waals surface area (Å²) in [6, 6.07) is -0.763. The summed E-state index contributed by atoms with van der Waals surface area (Å²) in [4.78, 5) is 20.8. The first-order chi connectivity index (χ1) is 7.11. The molecule has 0 aliphatic carbocycles. The topological polar surface area (TPSA) is 66.4 Å². The van der Waals surface area contributed by atoms with Gasteiger partial charge in [0.05, 0.1) is 0 Å². The van der Waals surface area contributed by atoms with E-state index in [0.717, 1.165) is 18.6 Å². The molecule has 15 heavy (non-hydrogen) atoms. The molecule has 88 valence electrons. The van der Waals surface area contributed by atoms with E-state index < -0.39 is 12.0 Å². The number of carbonyl (C=O) groups is 2. The molecular weight excluding hydrogens is 214 g/mol. The largest absolute Gasteiger partial charge is 0.480 e. The molecule has 5 heteroatoms. The van der Waals surface area contributed by atoms with Crippen molar-refractivity contribution in [1.29, 1.82) is 0 Å². The zero-order valence-corrected chi connectivity index (χ0v) is 10.0. The highest BCUT2D eigenvalue weighted by molar-refractivity contribution is 7.99. The van der Waals surface area contributed by atoms with Gasteiger partial charge in [-0.25, -0.2) is 4.79 Å². The summed E-state index contributed by atoms with van der Waals surface area (Å²) in [6.07, 6.45) is 2.75. The van der Waals surface area contributed by atoms with Crippen LogP contribution < -0.4 is 5.32 Å². The van der Waals surface area contributed by atoms with Crippen LogP contribution in [0.3, 0.4) is 0 Å². The third kappa shape index (κ3) is 7.25. The van der Waals surface area contributed by atoms with Crippen molar-refractivity contribution in [2.45, 2.75) is 32.7 Å². The molecule has 0 spiro atoms. The van der Waals surface area contributed by atoms with Gasteiger partial charge in [-0.1, -0.05) is 26.7 Å². The van der Waals surface area contributed by atoms with Gasteiger partial charge in [0.25, 0.3) is 0 Å². The van der Waals surface area contributed by atoms with Crippen LogP contribution in [0.2, 0.25) is 0 Å². The predicted octanol–water partition coefficient (Wildman–Crippen LogP) is 1.35. The minimum absolute atomic E-state index is 0.433. The summed E-state index contributed by atoms with van der Waals surface area (Å²) >= 11 is 1.58. The molecule has 0 radical (unpaired) electrons. The lowest BCUT2D eigenvalue weighted by Gasteiger charge is -2.13. The summed E-state index contributed by atoms with van der Waals surface area (Å²) in [5.41, 5.74) is 0. The molecule has 0 aromatic carbocycles. The Labute approximate surface area is 94.8 Å². The van der Waals surface area contributed by atoms with Gasteiger partial charge in [-0.05, 0) is 11.7 Å². The van der Waals surface area contributed by atoms with E-state index in [1.54, 1.807) is 11.8 Å². The van der Waals surface area contributed by atoms with Gasteiger partial charge in [-0.2, -0.15) is 11.8 Å². The van der Waals surface area contributed by atoms with E-state index >= 15 is 0 Å². The highest BCUT2D eigenvalue weighted by Gasteiger charge is 2.16. The molecule has 0 aromatic rings. The van der Waals surface area contributed by atoms with Gasteiger partial charge in [0.15, 0.2) is 0 Å². The summed E-state index contributed by atoms with van der Waals surface area (Å²) in [7, 11) is 0. The molecule has 2 atom stereocenters. The number of hydrogen-bond donors (Lipinski definition) is 2. The standard InChI is InChI=1S/C10H19NO3S/c1-3-4-8(2)5-15-6-9(10(13)14)11-7-12/h7-9H,3-6H2,1-2H3,(H,11,12)(H,13,14). The molecule has 0 aromatic heterocycles. The number of aliphatic carboxylic acids is 1. The fourth-order valence-electron chi connectivity index (χ4n) is 1.24. The Morgan fingerprint density at radius 2 is 2.20 bits per heavy atom. The monoisotopic (exact) mass is 233 g/mol. The quantitative estimate of drug-likeness (QED) is 0.590. The average molecular weight is 233 g/mol. The van der Waals surface area contributed by atoms with Gasteiger partial charge in [0.1, 0.15) is 6.04 Å². The maximum atomic E-state index is 10.7. The van der Waals surface area contributed by atoms with Crippen molar-refractivity contribution in [2.24, 2.45) is 5.92 Å². The number of thioether (sulfide) groups is 1. The maximum Gasteiger partial charge on any atom is 0.327 e. The smallest absolute Gasteiger partial charge is 0.327 e. The Morgan fingerprint density at radius 1 is 1.53 bits per heavy atom. The van der Waals surface area contributed by atoms with Crippen LogP contribution in [0.1, 0.15) is 26.7 Å². The Balaban J connectivity index is 3.70. The zero-order chi connectivity index (χ0) is 11.7. The molecule has 0 saturated heterocycles. The van der Waals surface area contributed by atoms with E-state index in [-0.39, 0.29) is 0 Å². The van der Waals surface area contributed by atoms with Crippen molar-refractivity contribution in [3.63, 3.8) is 0 Å². The number of carboxylic acids is 1. The van der Waals surface area contributed by atoms with Crippen LogP contribution in [0.15, 0.2) is 0 Å². The first-order valence-electron chi connectivity index (χ1n) is 5.12. The van der Waals surface area contributed by atoms with Gasteiger partial charge >= 0.3 is 5.97 Å². The molecule has 0 rings (SSSR count). The summed E-state index contributed by atoms with van der Waals surface area (Å²) in [6.45, 7) is 4.29. The molecule has 2 unspecified atom stereocenters. The SMILES string of the molecule is CCCC(C)CSCC(NC=O)C(=O)O. The van der Waals surface area contributed by atoms with Crippen LogP contribution in [0.4, 0.5) is 0 Å². The molecule has 0 saturated carbocycles. The Hall–Kier alpha value is -0.710. The average Bonchev–Trinajstić information content (AvgIpc) is 2.16. The van der Waals surface area contributed by atoms with Gasteiger partial charge in [-0.3, -0.25) is 4.79 Å². The second kappa shape index (κ2) is 8.59. The second-order valence-corrected chi connectivity index (χ2v) is 4.68. The van der Waals surface area contributed by atoms with Crippen LogP contribution in [0.5, 0.6) is 0 Å². The van der Waals surface area contributed by atoms with Gasteiger partial charge in [-0.15, -0.1) is 0 Å². The van der Waals surface area contributed by atoms with Crippen molar-refractivity contribution < 1.29 is 14.7 Å². The third-order valence-electron chi connectivity index (χ3n) is 2.04. The highest BCUT2D eigenvalue weighted by atomic mass is 32.2. The number of carbonyl (C=O) groups excluding carboxylic acids is 1. The van der Waals surface area contributed by atoms with Crippen molar-refractivity contribution in [3.8, 4) is 0 Å². The van der Waals surface area contributed by atoms with Gasteiger partial charge < -0.3 is 10.4 Å². The lowest BCUT2D eigenvalue weighted by Crippen LogP contribution is -2.38. The van der Waals surface area contributed by atoms with Crippen molar-refractivity contribution in [3.05, 3.63) is 0 Å². The van der Waals surface area contributed by atoms with E-state index in [1.165, 1.54) is 0 Å².